The number of alkyl halides is 1. The van der Waals surface area contributed by atoms with Gasteiger partial charge in [-0.1, -0.05) is 23.7 Å². The summed E-state index contributed by atoms with van der Waals surface area (Å²) >= 11 is 11.7. The van der Waals surface area contributed by atoms with Gasteiger partial charge in [-0.2, -0.15) is 0 Å². The maximum absolute atomic E-state index is 11.5. The van der Waals surface area contributed by atoms with Crippen molar-refractivity contribution in [2.45, 2.75) is 5.38 Å². The zero-order chi connectivity index (χ0) is 10.7. The first-order valence-corrected chi connectivity index (χ1v) is 4.94. The van der Waals surface area contributed by atoms with E-state index in [1.807, 2.05) is 0 Å². The van der Waals surface area contributed by atoms with Crippen LogP contribution in [0.2, 0.25) is 5.02 Å². The van der Waals surface area contributed by atoms with Gasteiger partial charge in [-0.05, 0) is 17.7 Å². The number of carbonyl (C=O) groups excluding carboxylic acids is 1. The SMILES string of the molecule is CN(C)C(=O)C(Cl)c1ccc(Cl)cc1. The molecule has 0 heterocycles. The Balaban J connectivity index is 2.84. The summed E-state index contributed by atoms with van der Waals surface area (Å²) in [5.74, 6) is -0.131. The summed E-state index contributed by atoms with van der Waals surface area (Å²) in [7, 11) is 3.35. The molecule has 0 spiro atoms. The maximum atomic E-state index is 11.5. The van der Waals surface area contributed by atoms with Gasteiger partial charge in [-0.3, -0.25) is 4.79 Å². The van der Waals surface area contributed by atoms with E-state index in [1.54, 1.807) is 38.4 Å². The third-order valence-electron chi connectivity index (χ3n) is 1.82. The Morgan fingerprint density at radius 2 is 1.79 bits per heavy atom. The molecule has 0 aliphatic heterocycles. The number of nitrogens with zero attached hydrogens (tertiary/aromatic N) is 1. The lowest BCUT2D eigenvalue weighted by Crippen LogP contribution is -2.25. The summed E-state index contributed by atoms with van der Waals surface area (Å²) in [4.78, 5) is 13.0. The van der Waals surface area contributed by atoms with E-state index in [0.29, 0.717) is 5.02 Å². The van der Waals surface area contributed by atoms with Crippen LogP contribution in [0.5, 0.6) is 0 Å². The van der Waals surface area contributed by atoms with Crippen molar-refractivity contribution >= 4 is 29.1 Å². The Morgan fingerprint density at radius 3 is 2.21 bits per heavy atom. The Hall–Kier alpha value is -0.730. The van der Waals surface area contributed by atoms with Crippen molar-refractivity contribution in [2.24, 2.45) is 0 Å². The summed E-state index contributed by atoms with van der Waals surface area (Å²) in [6.45, 7) is 0. The second-order valence-electron chi connectivity index (χ2n) is 3.15. The lowest BCUT2D eigenvalue weighted by molar-refractivity contribution is -0.128. The average molecular weight is 232 g/mol. The highest BCUT2D eigenvalue weighted by Crippen LogP contribution is 2.23. The van der Waals surface area contributed by atoms with E-state index in [0.717, 1.165) is 5.56 Å². The summed E-state index contributed by atoms with van der Waals surface area (Å²) in [5.41, 5.74) is 0.759. The van der Waals surface area contributed by atoms with Crippen LogP contribution in [0.25, 0.3) is 0 Å². The monoisotopic (exact) mass is 231 g/mol. The zero-order valence-corrected chi connectivity index (χ0v) is 9.51. The molecule has 0 radical (unpaired) electrons. The van der Waals surface area contributed by atoms with Crippen LogP contribution in [-0.2, 0) is 4.79 Å². The maximum Gasteiger partial charge on any atom is 0.244 e. The lowest BCUT2D eigenvalue weighted by atomic mass is 10.1. The van der Waals surface area contributed by atoms with Gasteiger partial charge >= 0.3 is 0 Å². The van der Waals surface area contributed by atoms with Gasteiger partial charge in [0, 0.05) is 19.1 Å². The standard InChI is InChI=1S/C10H11Cl2NO/c1-13(2)10(14)9(12)7-3-5-8(11)6-4-7/h3-6,9H,1-2H3. The Labute approximate surface area is 93.4 Å². The molecule has 0 fully saturated rings. The number of carbonyl (C=O) groups is 1. The molecule has 76 valence electrons. The molecule has 4 heteroatoms. The first-order chi connectivity index (χ1) is 6.52. The largest absolute Gasteiger partial charge is 0.347 e. The second kappa shape index (κ2) is 4.67. The third-order valence-corrected chi connectivity index (χ3v) is 2.51. The minimum absolute atomic E-state index is 0.131. The highest BCUT2D eigenvalue weighted by Gasteiger charge is 2.18. The van der Waals surface area contributed by atoms with E-state index in [4.69, 9.17) is 23.2 Å². The van der Waals surface area contributed by atoms with Crippen LogP contribution in [0.3, 0.4) is 0 Å². The second-order valence-corrected chi connectivity index (χ2v) is 4.02. The van der Waals surface area contributed by atoms with Crippen molar-refractivity contribution < 1.29 is 4.79 Å². The van der Waals surface area contributed by atoms with Crippen LogP contribution in [-0.4, -0.2) is 24.9 Å². The average Bonchev–Trinajstić information content (AvgIpc) is 2.16. The van der Waals surface area contributed by atoms with Crippen LogP contribution < -0.4 is 0 Å². The minimum atomic E-state index is -0.637. The molecule has 1 aromatic carbocycles. The Kier molecular flexibility index (Phi) is 3.78. The minimum Gasteiger partial charge on any atom is -0.347 e. The van der Waals surface area contributed by atoms with E-state index in [-0.39, 0.29) is 5.91 Å². The van der Waals surface area contributed by atoms with Crippen molar-refractivity contribution in [1.29, 1.82) is 0 Å². The molecular weight excluding hydrogens is 221 g/mol. The smallest absolute Gasteiger partial charge is 0.244 e. The fourth-order valence-corrected chi connectivity index (χ4v) is 1.47. The van der Waals surface area contributed by atoms with Crippen LogP contribution in [0.4, 0.5) is 0 Å². The molecule has 0 saturated heterocycles. The quantitative estimate of drug-likeness (QED) is 0.718. The van der Waals surface area contributed by atoms with Crippen LogP contribution >= 0.6 is 23.2 Å². The summed E-state index contributed by atoms with van der Waals surface area (Å²) in [6.07, 6.45) is 0. The molecule has 0 bridgehead atoms. The lowest BCUT2D eigenvalue weighted by Gasteiger charge is -2.15. The van der Waals surface area contributed by atoms with Gasteiger partial charge in [-0.15, -0.1) is 11.6 Å². The van der Waals surface area contributed by atoms with E-state index < -0.39 is 5.38 Å². The molecule has 0 aliphatic carbocycles. The number of likely N-dealkylation sites (N-methyl/N-ethyl adjacent to an activating group) is 1. The van der Waals surface area contributed by atoms with Gasteiger partial charge in [-0.25, -0.2) is 0 Å². The normalized spacial score (nSPS) is 12.3. The fraction of sp³-hybridized carbons (Fsp3) is 0.300. The summed E-state index contributed by atoms with van der Waals surface area (Å²) < 4.78 is 0. The predicted molar refractivity (Wildman–Crippen MR) is 58.7 cm³/mol. The number of rotatable bonds is 2. The topological polar surface area (TPSA) is 20.3 Å². The third kappa shape index (κ3) is 2.63. The number of hydrogen-bond donors (Lipinski definition) is 0. The van der Waals surface area contributed by atoms with Gasteiger partial charge < -0.3 is 4.90 Å². The molecule has 1 unspecified atom stereocenters. The molecule has 0 saturated carbocycles. The van der Waals surface area contributed by atoms with Crippen LogP contribution in [0, 0.1) is 0 Å². The molecule has 0 N–H and O–H groups in total. The number of amides is 1. The van der Waals surface area contributed by atoms with E-state index >= 15 is 0 Å². The molecule has 0 aliphatic rings. The van der Waals surface area contributed by atoms with Crippen LogP contribution in [0.15, 0.2) is 24.3 Å². The summed E-state index contributed by atoms with van der Waals surface area (Å²) in [6, 6.07) is 6.94. The van der Waals surface area contributed by atoms with Crippen molar-refractivity contribution in [2.75, 3.05) is 14.1 Å². The number of hydrogen-bond acceptors (Lipinski definition) is 1. The predicted octanol–water partition coefficient (Wildman–Crippen LogP) is 2.71. The molecule has 1 rings (SSSR count). The molecule has 1 aromatic rings. The summed E-state index contributed by atoms with van der Waals surface area (Å²) in [5, 5.41) is -0.00261. The van der Waals surface area contributed by atoms with Crippen molar-refractivity contribution in [3.05, 3.63) is 34.9 Å². The zero-order valence-electron chi connectivity index (χ0n) is 8.00. The van der Waals surface area contributed by atoms with Gasteiger partial charge in [0.05, 0.1) is 0 Å². The van der Waals surface area contributed by atoms with Crippen molar-refractivity contribution in [1.82, 2.24) is 4.90 Å². The van der Waals surface area contributed by atoms with Crippen molar-refractivity contribution in [3.63, 3.8) is 0 Å². The van der Waals surface area contributed by atoms with Gasteiger partial charge in [0.25, 0.3) is 0 Å². The number of benzene rings is 1. The molecule has 1 atom stereocenters. The fourth-order valence-electron chi connectivity index (χ4n) is 1.00. The Bertz CT molecular complexity index is 321. The molecule has 2 nitrogen and oxygen atoms in total. The first-order valence-electron chi connectivity index (χ1n) is 4.13. The Morgan fingerprint density at radius 1 is 1.29 bits per heavy atom. The number of halogens is 2. The molecule has 14 heavy (non-hydrogen) atoms. The highest BCUT2D eigenvalue weighted by atomic mass is 35.5. The van der Waals surface area contributed by atoms with E-state index in [2.05, 4.69) is 0 Å². The van der Waals surface area contributed by atoms with Gasteiger partial charge in [0.15, 0.2) is 0 Å². The van der Waals surface area contributed by atoms with Gasteiger partial charge in [0.1, 0.15) is 5.38 Å². The molecular formula is C10H11Cl2NO. The highest BCUT2D eigenvalue weighted by molar-refractivity contribution is 6.31. The van der Waals surface area contributed by atoms with Crippen molar-refractivity contribution in [3.8, 4) is 0 Å². The van der Waals surface area contributed by atoms with E-state index in [9.17, 15) is 4.79 Å². The molecule has 1 amide bonds. The molecule has 0 aromatic heterocycles. The van der Waals surface area contributed by atoms with Gasteiger partial charge in [0.2, 0.25) is 5.91 Å². The first kappa shape index (κ1) is 11.3. The van der Waals surface area contributed by atoms with Crippen LogP contribution in [0.1, 0.15) is 10.9 Å². The van der Waals surface area contributed by atoms with E-state index in [1.165, 1.54) is 4.90 Å².